The molecule has 0 spiro atoms. The molecule has 2 aromatic rings. The molecule has 2 aromatic carbocycles. The van der Waals surface area contributed by atoms with E-state index in [1.807, 2.05) is 24.5 Å². The van der Waals surface area contributed by atoms with Gasteiger partial charge in [0, 0.05) is 9.37 Å². The molecule has 3 nitrogen and oxygen atoms in total. The number of halogens is 4. The average molecular weight is 474 g/mol. The van der Waals surface area contributed by atoms with E-state index in [-0.39, 0.29) is 0 Å². The van der Waals surface area contributed by atoms with Gasteiger partial charge in [0.2, 0.25) is 0 Å². The summed E-state index contributed by atoms with van der Waals surface area (Å²) < 4.78 is 45.8. The molecule has 0 radical (unpaired) electrons. The molecule has 28 heavy (non-hydrogen) atoms. The molecule has 150 valence electrons. The fourth-order valence-corrected chi connectivity index (χ4v) is 4.12. The highest BCUT2D eigenvalue weighted by atomic mass is 79.9. The molecule has 0 aliphatic carbocycles. The first-order valence-corrected chi connectivity index (χ1v) is 10.6. The first kappa shape index (κ1) is 21.0. The standard InChI is InChI=1S/C20H19BrF3NO2S/c1-11-6-13(8-15(7-11)20(22,23)24)18-12(2)25(19(26)27-18)10-14-9-16(28-3)4-5-17(14)21/h4-9,12,18H,10H2,1-3H3/t12-,18?/m0/s1. The third kappa shape index (κ3) is 4.33. The Hall–Kier alpha value is -1.67. The quantitative estimate of drug-likeness (QED) is 0.469. The van der Waals surface area contributed by atoms with E-state index in [0.29, 0.717) is 17.7 Å². The summed E-state index contributed by atoms with van der Waals surface area (Å²) in [5.74, 6) is 0. The number of hydrogen-bond donors (Lipinski definition) is 0. The molecule has 8 heteroatoms. The summed E-state index contributed by atoms with van der Waals surface area (Å²) in [5, 5.41) is 0. The molecule has 1 aliphatic rings. The van der Waals surface area contributed by atoms with Crippen LogP contribution >= 0.6 is 27.7 Å². The predicted octanol–water partition coefficient (Wildman–Crippen LogP) is 6.58. The van der Waals surface area contributed by atoms with Crippen LogP contribution in [-0.2, 0) is 17.5 Å². The van der Waals surface area contributed by atoms with Crippen molar-refractivity contribution in [3.8, 4) is 0 Å². The van der Waals surface area contributed by atoms with E-state index in [2.05, 4.69) is 15.9 Å². The van der Waals surface area contributed by atoms with E-state index < -0.39 is 30.0 Å². The molecule has 0 bridgehead atoms. The fraction of sp³-hybridized carbons (Fsp3) is 0.350. The summed E-state index contributed by atoms with van der Waals surface area (Å²) in [4.78, 5) is 15.1. The molecule has 1 fully saturated rings. The van der Waals surface area contributed by atoms with Crippen LogP contribution in [0.15, 0.2) is 45.8 Å². The molecule has 1 heterocycles. The number of cyclic esters (lactones) is 1. The van der Waals surface area contributed by atoms with Crippen molar-refractivity contribution in [1.29, 1.82) is 0 Å². The van der Waals surface area contributed by atoms with Crippen LogP contribution in [0.5, 0.6) is 0 Å². The highest BCUT2D eigenvalue weighted by molar-refractivity contribution is 9.10. The van der Waals surface area contributed by atoms with E-state index >= 15 is 0 Å². The maximum absolute atomic E-state index is 13.2. The first-order chi connectivity index (χ1) is 13.1. The number of nitrogens with zero attached hydrogens (tertiary/aromatic N) is 1. The first-order valence-electron chi connectivity index (χ1n) is 8.58. The maximum Gasteiger partial charge on any atom is 0.416 e. The third-order valence-electron chi connectivity index (χ3n) is 4.74. The smallest absolute Gasteiger partial charge is 0.416 e. The number of thioether (sulfide) groups is 1. The summed E-state index contributed by atoms with van der Waals surface area (Å²) in [6, 6.07) is 9.26. The zero-order valence-electron chi connectivity index (χ0n) is 15.5. The normalized spacial score (nSPS) is 19.8. The molecule has 1 amide bonds. The van der Waals surface area contributed by atoms with Crippen LogP contribution in [0, 0.1) is 6.92 Å². The molecule has 0 aromatic heterocycles. The van der Waals surface area contributed by atoms with Gasteiger partial charge in [0.15, 0.2) is 0 Å². The van der Waals surface area contributed by atoms with Crippen molar-refractivity contribution in [1.82, 2.24) is 4.90 Å². The molecule has 1 aliphatic heterocycles. The van der Waals surface area contributed by atoms with Crippen molar-refractivity contribution >= 4 is 33.8 Å². The lowest BCUT2D eigenvalue weighted by Crippen LogP contribution is -2.31. The fourth-order valence-electron chi connectivity index (χ4n) is 3.28. The van der Waals surface area contributed by atoms with Gasteiger partial charge in [-0.1, -0.05) is 27.6 Å². The van der Waals surface area contributed by atoms with Gasteiger partial charge >= 0.3 is 12.3 Å². The van der Waals surface area contributed by atoms with Crippen LogP contribution in [0.3, 0.4) is 0 Å². The number of hydrogen-bond acceptors (Lipinski definition) is 3. The molecule has 1 unspecified atom stereocenters. The van der Waals surface area contributed by atoms with Crippen molar-refractivity contribution in [3.63, 3.8) is 0 Å². The predicted molar refractivity (Wildman–Crippen MR) is 106 cm³/mol. The number of carbonyl (C=O) groups excluding carboxylic acids is 1. The SMILES string of the molecule is CSc1ccc(Br)c(CN2C(=O)OC(c3cc(C)cc(C(F)(F)F)c3)[C@@H]2C)c1. The van der Waals surface area contributed by atoms with Crippen LogP contribution in [0.1, 0.15) is 35.3 Å². The van der Waals surface area contributed by atoms with Crippen molar-refractivity contribution < 1.29 is 22.7 Å². The summed E-state index contributed by atoms with van der Waals surface area (Å²) in [5.41, 5.74) is 1.01. The Morgan fingerprint density at radius 2 is 1.93 bits per heavy atom. The highest BCUT2D eigenvalue weighted by Gasteiger charge is 2.41. The lowest BCUT2D eigenvalue weighted by atomic mass is 9.98. The van der Waals surface area contributed by atoms with E-state index in [9.17, 15) is 18.0 Å². The number of rotatable bonds is 4. The highest BCUT2D eigenvalue weighted by Crippen LogP contribution is 2.38. The summed E-state index contributed by atoms with van der Waals surface area (Å²) in [6.07, 6.45) is -3.77. The molecule has 1 saturated heterocycles. The van der Waals surface area contributed by atoms with Gasteiger partial charge in [-0.05, 0) is 61.6 Å². The van der Waals surface area contributed by atoms with Crippen LogP contribution in [-0.4, -0.2) is 23.3 Å². The molecule has 0 saturated carbocycles. The second-order valence-corrected chi connectivity index (χ2v) is 8.49. The second-order valence-electron chi connectivity index (χ2n) is 6.76. The zero-order valence-corrected chi connectivity index (χ0v) is 17.9. The maximum atomic E-state index is 13.2. The van der Waals surface area contributed by atoms with E-state index in [0.717, 1.165) is 27.1 Å². The number of aryl methyl sites for hydroxylation is 1. The monoisotopic (exact) mass is 473 g/mol. The molecule has 0 N–H and O–H groups in total. The average Bonchev–Trinajstić information content (AvgIpc) is 2.90. The Labute approximate surface area is 174 Å². The van der Waals surface area contributed by atoms with E-state index in [1.54, 1.807) is 36.6 Å². The molecule has 2 atom stereocenters. The number of amides is 1. The lowest BCUT2D eigenvalue weighted by molar-refractivity contribution is -0.137. The van der Waals surface area contributed by atoms with Gasteiger partial charge in [0.1, 0.15) is 6.10 Å². The zero-order chi connectivity index (χ0) is 20.6. The number of ether oxygens (including phenoxy) is 1. The minimum Gasteiger partial charge on any atom is -0.439 e. The summed E-state index contributed by atoms with van der Waals surface area (Å²) in [6.45, 7) is 3.70. The number of carbonyl (C=O) groups is 1. The molecular formula is C20H19BrF3NO2S. The largest absolute Gasteiger partial charge is 0.439 e. The van der Waals surface area contributed by atoms with Crippen molar-refractivity contribution in [2.45, 2.75) is 43.6 Å². The van der Waals surface area contributed by atoms with E-state index in [1.165, 1.54) is 0 Å². The van der Waals surface area contributed by atoms with Crippen LogP contribution in [0.4, 0.5) is 18.0 Å². The van der Waals surface area contributed by atoms with Crippen molar-refractivity contribution in [2.24, 2.45) is 0 Å². The Morgan fingerprint density at radius 1 is 1.21 bits per heavy atom. The summed E-state index contributed by atoms with van der Waals surface area (Å²) in [7, 11) is 0. The van der Waals surface area contributed by atoms with Gasteiger partial charge in [-0.15, -0.1) is 11.8 Å². The van der Waals surface area contributed by atoms with Crippen LogP contribution in [0.2, 0.25) is 0 Å². The van der Waals surface area contributed by atoms with E-state index in [4.69, 9.17) is 4.74 Å². The van der Waals surface area contributed by atoms with Gasteiger partial charge in [-0.3, -0.25) is 4.90 Å². The van der Waals surface area contributed by atoms with Crippen LogP contribution < -0.4 is 0 Å². The minimum absolute atomic E-state index is 0.309. The topological polar surface area (TPSA) is 29.5 Å². The van der Waals surface area contributed by atoms with Gasteiger partial charge < -0.3 is 4.74 Å². The van der Waals surface area contributed by atoms with Gasteiger partial charge in [-0.25, -0.2) is 4.79 Å². The third-order valence-corrected chi connectivity index (χ3v) is 6.24. The van der Waals surface area contributed by atoms with Crippen molar-refractivity contribution in [2.75, 3.05) is 6.26 Å². The minimum atomic E-state index is -4.45. The molecular weight excluding hydrogens is 455 g/mol. The van der Waals surface area contributed by atoms with Crippen molar-refractivity contribution in [3.05, 3.63) is 63.1 Å². The Morgan fingerprint density at radius 3 is 2.57 bits per heavy atom. The number of benzene rings is 2. The lowest BCUT2D eigenvalue weighted by Gasteiger charge is -2.22. The van der Waals surface area contributed by atoms with Crippen LogP contribution in [0.25, 0.3) is 0 Å². The van der Waals surface area contributed by atoms with Gasteiger partial charge in [0.05, 0.1) is 18.2 Å². The Bertz CT molecular complexity index is 904. The van der Waals surface area contributed by atoms with Gasteiger partial charge in [-0.2, -0.15) is 13.2 Å². The number of alkyl halides is 3. The second kappa shape index (κ2) is 7.99. The van der Waals surface area contributed by atoms with Gasteiger partial charge in [0.25, 0.3) is 0 Å². The Kier molecular flexibility index (Phi) is 6.00. The Balaban J connectivity index is 1.88. The summed E-state index contributed by atoms with van der Waals surface area (Å²) >= 11 is 5.09. The molecule has 3 rings (SSSR count).